The second kappa shape index (κ2) is 5.35. The maximum atomic E-state index is 12.0. The molecule has 3 aromatic rings. The van der Waals surface area contributed by atoms with Crippen LogP contribution in [0.5, 0.6) is 0 Å². The zero-order valence-electron chi connectivity index (χ0n) is 10.6. The van der Waals surface area contributed by atoms with Crippen LogP contribution in [-0.4, -0.2) is 17.0 Å². The van der Waals surface area contributed by atoms with Crippen molar-refractivity contribution in [3.8, 4) is 0 Å². The van der Waals surface area contributed by atoms with Crippen molar-refractivity contribution >= 4 is 27.8 Å². The Morgan fingerprint density at radius 2 is 2.00 bits per heavy atom. The topological polar surface area (TPSA) is 69.0 Å². The van der Waals surface area contributed by atoms with E-state index in [9.17, 15) is 4.79 Å². The molecule has 0 aliphatic rings. The Morgan fingerprint density at radius 3 is 2.74 bits per heavy atom. The molecule has 3 rings (SSSR count). The van der Waals surface area contributed by atoms with Crippen LogP contribution >= 0.6 is 0 Å². The number of aryl methyl sites for hydroxylation is 1. The van der Waals surface area contributed by atoms with Gasteiger partial charge in [-0.2, -0.15) is 0 Å². The van der Waals surface area contributed by atoms with Crippen LogP contribution in [0.25, 0.3) is 21.8 Å². The summed E-state index contributed by atoms with van der Waals surface area (Å²) in [7, 11) is 1.73. The first-order valence-electron chi connectivity index (χ1n) is 5.61. The molecule has 0 bridgehead atoms. The maximum Gasteiger partial charge on any atom is 0.178 e. The fourth-order valence-corrected chi connectivity index (χ4v) is 1.99. The van der Waals surface area contributed by atoms with Gasteiger partial charge in [-0.1, -0.05) is 17.7 Å². The molecule has 0 spiro atoms. The van der Waals surface area contributed by atoms with Crippen LogP contribution in [0, 0.1) is 6.92 Å². The molecule has 93 valence electrons. The van der Waals surface area contributed by atoms with Gasteiger partial charge in [0.1, 0.15) is 5.95 Å². The minimum Gasteiger partial charge on any atom is -0.405 e. The zero-order chi connectivity index (χ0) is 12.7. The van der Waals surface area contributed by atoms with Gasteiger partial charge in [0, 0.05) is 51.3 Å². The number of hydrogen-bond acceptors (Lipinski definition) is 4. The van der Waals surface area contributed by atoms with Crippen molar-refractivity contribution in [1.29, 1.82) is 0 Å². The Hall–Kier alpha value is -1.33. The number of hydrogen-bond donors (Lipinski definition) is 1. The summed E-state index contributed by atoms with van der Waals surface area (Å²) in [5.74, 6) is 0.459. The van der Waals surface area contributed by atoms with Gasteiger partial charge in [-0.25, -0.2) is 4.98 Å². The molecule has 5 nitrogen and oxygen atoms in total. The van der Waals surface area contributed by atoms with Crippen molar-refractivity contribution in [2.45, 2.75) is 6.92 Å². The number of pyridine rings is 1. The van der Waals surface area contributed by atoms with E-state index >= 15 is 0 Å². The summed E-state index contributed by atoms with van der Waals surface area (Å²) in [6, 6.07) is 5.72. The molecule has 6 heteroatoms. The molecule has 1 radical (unpaired) electrons. The predicted molar refractivity (Wildman–Crippen MR) is 70.9 cm³/mol. The third-order valence-electron chi connectivity index (χ3n) is 2.90. The van der Waals surface area contributed by atoms with Crippen molar-refractivity contribution in [2.24, 2.45) is 0 Å². The standard InChI is InChI=1S/C13H12N4O.Y/c1-7-3-4-8-9(5-7)12(18)16-11-10(8)6-15-13(14-2)17-11;/h3-6H,1-2H3,(H2,14,15,16,17,18);/p-1. The van der Waals surface area contributed by atoms with Crippen molar-refractivity contribution in [3.63, 3.8) is 0 Å². The molecule has 0 unspecified atom stereocenters. The van der Waals surface area contributed by atoms with Crippen LogP contribution in [-0.2, 0) is 32.7 Å². The van der Waals surface area contributed by atoms with Crippen LogP contribution in [0.2, 0.25) is 0 Å². The van der Waals surface area contributed by atoms with Gasteiger partial charge < -0.3 is 15.3 Å². The molecule has 0 aliphatic carbocycles. The molecular weight excluding hydrogens is 317 g/mol. The van der Waals surface area contributed by atoms with E-state index in [2.05, 4.69) is 20.3 Å². The van der Waals surface area contributed by atoms with E-state index in [0.717, 1.165) is 16.3 Å². The minimum absolute atomic E-state index is 0. The summed E-state index contributed by atoms with van der Waals surface area (Å²) < 4.78 is 0. The molecule has 0 fully saturated rings. The molecular formula is C13H11N4OY-. The Kier molecular flexibility index (Phi) is 3.97. The Morgan fingerprint density at radius 1 is 1.21 bits per heavy atom. The average molecular weight is 328 g/mol. The first-order valence-corrected chi connectivity index (χ1v) is 5.61. The number of fused-ring (bicyclic) bond motifs is 3. The third-order valence-corrected chi connectivity index (χ3v) is 2.90. The summed E-state index contributed by atoms with van der Waals surface area (Å²) in [4.78, 5) is 24.3. The van der Waals surface area contributed by atoms with E-state index in [1.165, 1.54) is 0 Å². The molecule has 2 heterocycles. The summed E-state index contributed by atoms with van der Waals surface area (Å²) in [6.07, 6.45) is 1.69. The van der Waals surface area contributed by atoms with E-state index in [1.807, 2.05) is 25.1 Å². The van der Waals surface area contributed by atoms with Gasteiger partial charge >= 0.3 is 0 Å². The van der Waals surface area contributed by atoms with E-state index in [0.29, 0.717) is 17.0 Å². The number of aromatic nitrogens is 3. The van der Waals surface area contributed by atoms with Crippen LogP contribution in [0.15, 0.2) is 29.2 Å². The molecule has 0 saturated heterocycles. The van der Waals surface area contributed by atoms with Gasteiger partial charge in [0.15, 0.2) is 5.56 Å². The van der Waals surface area contributed by atoms with Gasteiger partial charge in [-0.3, -0.25) is 4.79 Å². The van der Waals surface area contributed by atoms with Gasteiger partial charge in [0.2, 0.25) is 0 Å². The molecule has 0 atom stereocenters. The van der Waals surface area contributed by atoms with Crippen molar-refractivity contribution in [3.05, 3.63) is 40.3 Å². The van der Waals surface area contributed by atoms with E-state index in [1.54, 1.807) is 13.2 Å². The first kappa shape index (κ1) is 14.1. The molecule has 1 aromatic carbocycles. The first-order chi connectivity index (χ1) is 8.69. The second-order valence-corrected chi connectivity index (χ2v) is 4.15. The quantitative estimate of drug-likeness (QED) is 0.685. The van der Waals surface area contributed by atoms with E-state index in [-0.39, 0.29) is 38.3 Å². The van der Waals surface area contributed by atoms with Crippen LogP contribution in [0.1, 0.15) is 5.56 Å². The third kappa shape index (κ3) is 2.40. The minimum atomic E-state index is -0.248. The summed E-state index contributed by atoms with van der Waals surface area (Å²) in [6.45, 7) is 1.95. The maximum absolute atomic E-state index is 12.0. The number of benzene rings is 1. The van der Waals surface area contributed by atoms with Gasteiger partial charge in [-0.05, 0) is 29.4 Å². The van der Waals surface area contributed by atoms with Crippen LogP contribution in [0.4, 0.5) is 5.95 Å². The number of nitrogens with zero attached hydrogens (tertiary/aromatic N) is 3. The number of anilines is 1. The van der Waals surface area contributed by atoms with Crippen molar-refractivity contribution < 1.29 is 32.7 Å². The average Bonchev–Trinajstić information content (AvgIpc) is 2.38. The smallest absolute Gasteiger partial charge is 0.178 e. The molecule has 0 aliphatic heterocycles. The molecule has 0 amide bonds. The summed E-state index contributed by atoms with van der Waals surface area (Å²) in [5.41, 5.74) is 1.21. The van der Waals surface area contributed by atoms with Gasteiger partial charge in [0.05, 0.1) is 0 Å². The fraction of sp³-hybridized carbons (Fsp3) is 0.154. The van der Waals surface area contributed by atoms with Crippen LogP contribution in [0.3, 0.4) is 0 Å². The monoisotopic (exact) mass is 328 g/mol. The Bertz CT molecular complexity index is 813. The number of rotatable bonds is 1. The number of nitrogens with one attached hydrogen (secondary N) is 1. The zero-order valence-corrected chi connectivity index (χ0v) is 13.5. The Labute approximate surface area is 134 Å². The Balaban J connectivity index is 0.00000133. The summed E-state index contributed by atoms with van der Waals surface area (Å²) in [5, 5.41) is 5.09. The SMILES string of the molecule is CNc1ncc2c(n1)[n-]c(=O)c1cc(C)ccc12.[Y]. The molecule has 2 aromatic heterocycles. The predicted octanol–water partition coefficient (Wildman–Crippen LogP) is 1.45. The van der Waals surface area contributed by atoms with Crippen molar-refractivity contribution in [2.75, 3.05) is 12.4 Å². The summed E-state index contributed by atoms with van der Waals surface area (Å²) >= 11 is 0. The van der Waals surface area contributed by atoms with E-state index < -0.39 is 0 Å². The second-order valence-electron chi connectivity index (χ2n) is 4.15. The van der Waals surface area contributed by atoms with Crippen molar-refractivity contribution in [1.82, 2.24) is 15.0 Å². The van der Waals surface area contributed by atoms with E-state index in [4.69, 9.17) is 0 Å². The van der Waals surface area contributed by atoms with Gasteiger partial charge in [-0.15, -0.1) is 0 Å². The van der Waals surface area contributed by atoms with Crippen LogP contribution < -0.4 is 15.9 Å². The molecule has 0 saturated carbocycles. The largest absolute Gasteiger partial charge is 0.405 e. The molecule has 19 heavy (non-hydrogen) atoms. The van der Waals surface area contributed by atoms with Gasteiger partial charge in [0.25, 0.3) is 0 Å². The fourth-order valence-electron chi connectivity index (χ4n) is 1.99. The molecule has 1 N–H and O–H groups in total. The normalized spacial score (nSPS) is 10.4.